The summed E-state index contributed by atoms with van der Waals surface area (Å²) in [6.45, 7) is 7.83. The predicted molar refractivity (Wildman–Crippen MR) is 51.6 cm³/mol. The Kier molecular flexibility index (Phi) is 6.75. The third-order valence-corrected chi connectivity index (χ3v) is 1.45. The van der Waals surface area contributed by atoms with E-state index in [9.17, 15) is 0 Å². The van der Waals surface area contributed by atoms with Crippen molar-refractivity contribution in [3.05, 3.63) is 37.0 Å². The number of hydrogen-bond donors (Lipinski definition) is 0. The maximum absolute atomic E-state index is 3.58. The van der Waals surface area contributed by atoms with Gasteiger partial charge in [-0.3, -0.25) is 0 Å². The Labute approximate surface area is 69.7 Å². The Hall–Kier alpha value is -0.820. The van der Waals surface area contributed by atoms with Gasteiger partial charge < -0.3 is 4.90 Å². The van der Waals surface area contributed by atoms with Crippen LogP contribution in [-0.2, 0) is 0 Å². The maximum atomic E-state index is 3.58. The Balaban J connectivity index is 3.43. The van der Waals surface area contributed by atoms with Crippen LogP contribution in [0.3, 0.4) is 0 Å². The van der Waals surface area contributed by atoms with E-state index in [0.717, 1.165) is 13.1 Å². The van der Waals surface area contributed by atoms with Crippen LogP contribution in [0, 0.1) is 0 Å². The van der Waals surface area contributed by atoms with Gasteiger partial charge >= 0.3 is 0 Å². The molecule has 0 aliphatic heterocycles. The summed E-state index contributed by atoms with van der Waals surface area (Å²) in [6, 6.07) is 0. The van der Waals surface area contributed by atoms with Gasteiger partial charge in [0.1, 0.15) is 0 Å². The fourth-order valence-electron chi connectivity index (χ4n) is 0.591. The van der Waals surface area contributed by atoms with Gasteiger partial charge in [-0.05, 0) is 13.6 Å². The fraction of sp³-hybridized carbons (Fsp3) is 0.400. The number of hydrogen-bond acceptors (Lipinski definition) is 1. The first-order valence-electron chi connectivity index (χ1n) is 3.94. The van der Waals surface area contributed by atoms with E-state index in [1.807, 2.05) is 18.2 Å². The summed E-state index contributed by atoms with van der Waals surface area (Å²) in [6.07, 6.45) is 9.84. The van der Waals surface area contributed by atoms with E-state index in [1.165, 1.54) is 0 Å². The summed E-state index contributed by atoms with van der Waals surface area (Å²) >= 11 is 0. The number of rotatable bonds is 5. The molecule has 0 aromatic rings. The van der Waals surface area contributed by atoms with E-state index in [2.05, 4.69) is 31.5 Å². The first-order chi connectivity index (χ1) is 5.31. The molecule has 0 spiro atoms. The van der Waals surface area contributed by atoms with Gasteiger partial charge in [0.25, 0.3) is 0 Å². The van der Waals surface area contributed by atoms with Gasteiger partial charge in [-0.2, -0.15) is 0 Å². The van der Waals surface area contributed by atoms with Crippen molar-refractivity contribution in [2.45, 2.75) is 6.92 Å². The van der Waals surface area contributed by atoms with Gasteiger partial charge in [-0.1, -0.05) is 43.9 Å². The van der Waals surface area contributed by atoms with Crippen molar-refractivity contribution in [2.75, 3.05) is 20.1 Å². The normalized spacial score (nSPS) is 11.9. The molecule has 0 saturated heterocycles. The highest BCUT2D eigenvalue weighted by atomic mass is 15.1. The van der Waals surface area contributed by atoms with E-state index in [0.29, 0.717) is 0 Å². The Morgan fingerprint density at radius 1 is 1.27 bits per heavy atom. The Morgan fingerprint density at radius 3 is 2.55 bits per heavy atom. The topological polar surface area (TPSA) is 3.24 Å². The molecule has 0 saturated carbocycles. The van der Waals surface area contributed by atoms with E-state index < -0.39 is 0 Å². The molecular weight excluding hydrogens is 134 g/mol. The minimum absolute atomic E-state index is 1.01. The number of nitrogens with zero attached hydrogens (tertiary/aromatic N) is 1. The Bertz CT molecular complexity index is 145. The molecule has 0 rings (SSSR count). The molecule has 11 heavy (non-hydrogen) atoms. The number of allylic oxidation sites excluding steroid dienone is 4. The molecule has 1 heteroatoms. The lowest BCUT2D eigenvalue weighted by molar-refractivity contribution is 0.392. The second-order valence-corrected chi connectivity index (χ2v) is 2.40. The zero-order valence-corrected chi connectivity index (χ0v) is 7.46. The lowest BCUT2D eigenvalue weighted by atomic mass is 10.4. The molecule has 1 nitrogen and oxygen atoms in total. The van der Waals surface area contributed by atoms with Crippen LogP contribution in [-0.4, -0.2) is 25.0 Å². The molecule has 0 heterocycles. The van der Waals surface area contributed by atoms with Crippen LogP contribution >= 0.6 is 0 Å². The molecule has 0 bridgehead atoms. The standard InChI is InChI=1S/C10H17N/c1-4-6-7-8-9-10-11(3)5-2/h4,6-9H,1,5,10H2,2-3H3/b7-6-,9-8+. The fourth-order valence-corrected chi connectivity index (χ4v) is 0.591. The lowest BCUT2D eigenvalue weighted by Gasteiger charge is -2.08. The van der Waals surface area contributed by atoms with Gasteiger partial charge in [0, 0.05) is 6.54 Å². The van der Waals surface area contributed by atoms with Crippen molar-refractivity contribution in [3.63, 3.8) is 0 Å². The molecule has 0 unspecified atom stereocenters. The van der Waals surface area contributed by atoms with E-state index in [1.54, 1.807) is 6.08 Å². The van der Waals surface area contributed by atoms with Crippen molar-refractivity contribution in [1.29, 1.82) is 0 Å². The van der Waals surface area contributed by atoms with E-state index >= 15 is 0 Å². The van der Waals surface area contributed by atoms with Gasteiger partial charge in [0.2, 0.25) is 0 Å². The van der Waals surface area contributed by atoms with Gasteiger partial charge in [-0.25, -0.2) is 0 Å². The SMILES string of the molecule is C=C/C=C\C=C\CN(C)CC. The van der Waals surface area contributed by atoms with Crippen LogP contribution in [0.4, 0.5) is 0 Å². The van der Waals surface area contributed by atoms with Crippen molar-refractivity contribution < 1.29 is 0 Å². The third kappa shape index (κ3) is 7.07. The third-order valence-electron chi connectivity index (χ3n) is 1.45. The average molecular weight is 151 g/mol. The highest BCUT2D eigenvalue weighted by Gasteiger charge is 1.85. The summed E-state index contributed by atoms with van der Waals surface area (Å²) in [5.74, 6) is 0. The summed E-state index contributed by atoms with van der Waals surface area (Å²) < 4.78 is 0. The zero-order valence-electron chi connectivity index (χ0n) is 7.46. The first-order valence-corrected chi connectivity index (χ1v) is 3.94. The minimum Gasteiger partial charge on any atom is -0.303 e. The van der Waals surface area contributed by atoms with Crippen molar-refractivity contribution in [3.8, 4) is 0 Å². The lowest BCUT2D eigenvalue weighted by Crippen LogP contribution is -2.16. The van der Waals surface area contributed by atoms with Crippen molar-refractivity contribution in [1.82, 2.24) is 4.90 Å². The predicted octanol–water partition coefficient (Wildman–Crippen LogP) is 2.24. The average Bonchev–Trinajstić information content (AvgIpc) is 2.04. The molecule has 0 aromatic heterocycles. The molecule has 0 N–H and O–H groups in total. The van der Waals surface area contributed by atoms with Gasteiger partial charge in [0.15, 0.2) is 0 Å². The molecule has 0 radical (unpaired) electrons. The van der Waals surface area contributed by atoms with E-state index in [-0.39, 0.29) is 0 Å². The molecule has 0 fully saturated rings. The Morgan fingerprint density at radius 2 is 2.00 bits per heavy atom. The second kappa shape index (κ2) is 7.29. The molecule has 0 aliphatic carbocycles. The monoisotopic (exact) mass is 151 g/mol. The van der Waals surface area contributed by atoms with Crippen LogP contribution in [0.25, 0.3) is 0 Å². The van der Waals surface area contributed by atoms with Gasteiger partial charge in [-0.15, -0.1) is 0 Å². The van der Waals surface area contributed by atoms with Crippen LogP contribution in [0.1, 0.15) is 6.92 Å². The molecule has 0 aromatic carbocycles. The molecule has 0 amide bonds. The smallest absolute Gasteiger partial charge is 0.0163 e. The molecular formula is C10H17N. The van der Waals surface area contributed by atoms with Crippen LogP contribution < -0.4 is 0 Å². The van der Waals surface area contributed by atoms with Crippen molar-refractivity contribution >= 4 is 0 Å². The number of likely N-dealkylation sites (N-methyl/N-ethyl adjacent to an activating group) is 1. The van der Waals surface area contributed by atoms with Crippen LogP contribution in [0.15, 0.2) is 37.0 Å². The van der Waals surface area contributed by atoms with E-state index in [4.69, 9.17) is 0 Å². The highest BCUT2D eigenvalue weighted by molar-refractivity contribution is 5.09. The highest BCUT2D eigenvalue weighted by Crippen LogP contribution is 1.83. The summed E-state index contributed by atoms with van der Waals surface area (Å²) in [4.78, 5) is 2.23. The maximum Gasteiger partial charge on any atom is 0.0163 e. The first kappa shape index (κ1) is 10.2. The van der Waals surface area contributed by atoms with Gasteiger partial charge in [0.05, 0.1) is 0 Å². The summed E-state index contributed by atoms with van der Waals surface area (Å²) in [5.41, 5.74) is 0. The zero-order chi connectivity index (χ0) is 8.53. The largest absolute Gasteiger partial charge is 0.303 e. The van der Waals surface area contributed by atoms with Crippen LogP contribution in [0.5, 0.6) is 0 Å². The molecule has 0 atom stereocenters. The van der Waals surface area contributed by atoms with Crippen molar-refractivity contribution in [2.24, 2.45) is 0 Å². The van der Waals surface area contributed by atoms with Crippen LogP contribution in [0.2, 0.25) is 0 Å². The molecule has 0 aliphatic rings. The summed E-state index contributed by atoms with van der Waals surface area (Å²) in [7, 11) is 2.10. The second-order valence-electron chi connectivity index (χ2n) is 2.40. The summed E-state index contributed by atoms with van der Waals surface area (Å²) in [5, 5.41) is 0. The molecule has 62 valence electrons. The minimum atomic E-state index is 1.01. The quantitative estimate of drug-likeness (QED) is 0.545.